The second-order valence-corrected chi connectivity index (χ2v) is 16.3. The first-order chi connectivity index (χ1) is 31.4. The average molecular weight is 905 g/mol. The molecule has 0 unspecified atom stereocenters. The summed E-state index contributed by atoms with van der Waals surface area (Å²) in [6, 6.07) is 5.85. The zero-order chi connectivity index (χ0) is 48.2. The number of rotatable bonds is 16. The van der Waals surface area contributed by atoms with Gasteiger partial charge in [-0.3, -0.25) is 29.0 Å². The standard InChI is InChI=1S/C48H52N6O12/c1-9-26-23(2)32-19-37-30-13-10-29(46(62)65-7)44(47(63)66-8)48(30,5)39(53-37)21-33-25(4)28(12-15-43(59)64-6)36(52-33)20-35-27(24(3)31(51-35)18-34(26)50-32)11-14-40(55)49-17-16-41(56)54-38(45(60)61)22-42(57)58/h9-10,13,18-21,38,44,50,52H,1,11-12,14-17,22H2,2-8H3,(H,49,55)(H,54,56)(H,57,58)(H,60,61)/t38-,44-,48+/m0/s1. The molecule has 6 N–H and O–H groups in total. The van der Waals surface area contributed by atoms with Crippen molar-refractivity contribution in [3.63, 3.8) is 0 Å². The van der Waals surface area contributed by atoms with E-state index in [2.05, 4.69) is 27.2 Å². The van der Waals surface area contributed by atoms with Crippen LogP contribution in [0.2, 0.25) is 0 Å². The number of fused-ring (bicyclic) bond motifs is 11. The lowest BCUT2D eigenvalue weighted by Crippen LogP contribution is -2.43. The van der Waals surface area contributed by atoms with Gasteiger partial charge in [0.1, 0.15) is 12.0 Å². The number of aliphatic carboxylic acids is 2. The zero-order valence-corrected chi connectivity index (χ0v) is 37.7. The number of carboxylic acids is 2. The number of aromatic nitrogens is 4. The van der Waals surface area contributed by atoms with Gasteiger partial charge in [0, 0.05) is 53.4 Å². The Morgan fingerprint density at radius 2 is 1.48 bits per heavy atom. The van der Waals surface area contributed by atoms with Crippen LogP contribution in [0.3, 0.4) is 0 Å². The average Bonchev–Trinajstić information content (AvgIpc) is 3.94. The number of aryl methyl sites for hydroxylation is 3. The van der Waals surface area contributed by atoms with Gasteiger partial charge in [0.05, 0.1) is 61.5 Å². The maximum atomic E-state index is 13.8. The third kappa shape index (κ3) is 9.43. The highest BCUT2D eigenvalue weighted by atomic mass is 16.5. The summed E-state index contributed by atoms with van der Waals surface area (Å²) in [6.07, 6.45) is 4.53. The second-order valence-electron chi connectivity index (χ2n) is 16.3. The SMILES string of the molecule is C=Cc1c(C)c2cc3nc(cc4[nH]c(cc5nc(cc1[nH]2)C(C)=C5CCC(=O)NCCC(=O)N[C@@H](CC(=O)O)C(=O)O)c(CCC(=O)OC)c4C)[C@@]1(C)C3=CC=C(C(=O)OC)[C@H]1C(=O)OC. The molecule has 18 nitrogen and oxygen atoms in total. The Bertz CT molecular complexity index is 2850. The lowest BCUT2D eigenvalue weighted by molar-refractivity contribution is -0.149. The summed E-state index contributed by atoms with van der Waals surface area (Å²) in [5, 5.41) is 23.1. The van der Waals surface area contributed by atoms with Gasteiger partial charge < -0.3 is 45.0 Å². The number of hydrogen-bond acceptors (Lipinski definition) is 12. The number of amides is 2. The van der Waals surface area contributed by atoms with E-state index in [-0.39, 0.29) is 44.2 Å². The highest BCUT2D eigenvalue weighted by Crippen LogP contribution is 2.52. The number of hydrogen-bond donors (Lipinski definition) is 6. The van der Waals surface area contributed by atoms with Crippen LogP contribution in [0.25, 0.3) is 44.9 Å². The predicted octanol–water partition coefficient (Wildman–Crippen LogP) is 5.19. The van der Waals surface area contributed by atoms with E-state index in [1.807, 2.05) is 52.0 Å². The van der Waals surface area contributed by atoms with Crippen LogP contribution in [0.15, 0.2) is 48.6 Å². The molecule has 3 atom stereocenters. The molecule has 1 aliphatic carbocycles. The van der Waals surface area contributed by atoms with Crippen molar-refractivity contribution in [2.75, 3.05) is 27.9 Å². The maximum absolute atomic E-state index is 13.8. The van der Waals surface area contributed by atoms with Crippen LogP contribution in [-0.2, 0) is 59.6 Å². The van der Waals surface area contributed by atoms with Gasteiger partial charge in [0.25, 0.3) is 0 Å². The number of carboxylic acid groups (broad SMARTS) is 2. The van der Waals surface area contributed by atoms with E-state index in [0.717, 1.165) is 33.4 Å². The molecule has 0 saturated heterocycles. The van der Waals surface area contributed by atoms with Crippen LogP contribution < -0.4 is 10.6 Å². The molecular formula is C48H52N6O12. The molecule has 0 aromatic carbocycles. The van der Waals surface area contributed by atoms with Gasteiger partial charge in [0.15, 0.2) is 0 Å². The summed E-state index contributed by atoms with van der Waals surface area (Å²) in [6.45, 7) is 11.5. The number of esters is 3. The maximum Gasteiger partial charge on any atom is 0.334 e. The van der Waals surface area contributed by atoms with Crippen molar-refractivity contribution in [1.29, 1.82) is 0 Å². The minimum atomic E-state index is -1.61. The first-order valence-corrected chi connectivity index (χ1v) is 21.1. The van der Waals surface area contributed by atoms with Crippen molar-refractivity contribution in [3.05, 3.63) is 93.6 Å². The molecule has 0 radical (unpaired) electrons. The molecule has 2 aliphatic heterocycles. The number of methoxy groups -OCH3 is 3. The molecule has 5 heterocycles. The molecule has 0 fully saturated rings. The molecule has 6 rings (SSSR count). The first-order valence-electron chi connectivity index (χ1n) is 21.1. The predicted molar refractivity (Wildman–Crippen MR) is 243 cm³/mol. The van der Waals surface area contributed by atoms with E-state index in [0.29, 0.717) is 50.4 Å². The molecule has 0 saturated carbocycles. The van der Waals surface area contributed by atoms with Gasteiger partial charge in [-0.1, -0.05) is 24.8 Å². The van der Waals surface area contributed by atoms with E-state index < -0.39 is 65.5 Å². The Hall–Kier alpha value is -7.63. The molecular weight excluding hydrogens is 853 g/mol. The summed E-state index contributed by atoms with van der Waals surface area (Å²) < 4.78 is 15.4. The van der Waals surface area contributed by atoms with E-state index in [4.69, 9.17) is 29.3 Å². The fourth-order valence-electron chi connectivity index (χ4n) is 8.73. The normalized spacial score (nSPS) is 16.8. The van der Waals surface area contributed by atoms with Crippen molar-refractivity contribution in [1.82, 2.24) is 30.6 Å². The van der Waals surface area contributed by atoms with Crippen molar-refractivity contribution in [2.24, 2.45) is 5.92 Å². The number of nitrogens with zero attached hydrogens (tertiary/aromatic N) is 2. The number of H-pyrrole nitrogens is 2. The Labute approximate surface area is 379 Å². The highest BCUT2D eigenvalue weighted by molar-refractivity contribution is 6.02. The number of aromatic amines is 2. The van der Waals surface area contributed by atoms with Gasteiger partial charge in [-0.2, -0.15) is 0 Å². The monoisotopic (exact) mass is 904 g/mol. The summed E-state index contributed by atoms with van der Waals surface area (Å²) in [5.41, 5.74) is 9.01. The molecule has 3 aromatic heterocycles. The van der Waals surface area contributed by atoms with Crippen molar-refractivity contribution in [3.8, 4) is 0 Å². The molecule has 346 valence electrons. The topological polar surface area (TPSA) is 269 Å². The Balaban J connectivity index is 1.51. The number of nitrogens with one attached hydrogen (secondary N) is 4. The molecule has 3 aromatic rings. The van der Waals surface area contributed by atoms with Crippen molar-refractivity contribution >= 4 is 86.5 Å². The van der Waals surface area contributed by atoms with Crippen LogP contribution in [-0.4, -0.2) is 106 Å². The molecule has 2 amide bonds. The van der Waals surface area contributed by atoms with Crippen molar-refractivity contribution in [2.45, 2.75) is 77.7 Å². The van der Waals surface area contributed by atoms with Crippen molar-refractivity contribution < 1.29 is 58.0 Å². The summed E-state index contributed by atoms with van der Waals surface area (Å²) >= 11 is 0. The molecule has 3 aliphatic rings. The first kappa shape index (κ1) is 47.8. The number of carbonyl (C=O) groups excluding carboxylic acids is 5. The highest BCUT2D eigenvalue weighted by Gasteiger charge is 2.53. The molecule has 66 heavy (non-hydrogen) atoms. The van der Waals surface area contributed by atoms with Gasteiger partial charge in [0.2, 0.25) is 11.8 Å². The quantitative estimate of drug-likeness (QED) is 0.0799. The Morgan fingerprint density at radius 3 is 2.14 bits per heavy atom. The van der Waals surface area contributed by atoms with Gasteiger partial charge in [-0.15, -0.1) is 0 Å². The fraction of sp³-hybridized carbons (Fsp3) is 0.354. The minimum Gasteiger partial charge on any atom is -0.481 e. The van der Waals surface area contributed by atoms with Gasteiger partial charge in [-0.25, -0.2) is 14.6 Å². The van der Waals surface area contributed by atoms with E-state index in [1.165, 1.54) is 21.3 Å². The van der Waals surface area contributed by atoms with E-state index in [9.17, 15) is 38.7 Å². The second kappa shape index (κ2) is 19.6. The Kier molecular flexibility index (Phi) is 14.2. The zero-order valence-electron chi connectivity index (χ0n) is 37.7. The van der Waals surface area contributed by atoms with Crippen LogP contribution in [0.4, 0.5) is 0 Å². The lowest BCUT2D eigenvalue weighted by atomic mass is 9.64. The fourth-order valence-corrected chi connectivity index (χ4v) is 8.73. The smallest absolute Gasteiger partial charge is 0.334 e. The van der Waals surface area contributed by atoms with E-state index >= 15 is 0 Å². The van der Waals surface area contributed by atoms with Crippen LogP contribution in [0.1, 0.15) is 91.0 Å². The van der Waals surface area contributed by atoms with Gasteiger partial charge >= 0.3 is 29.8 Å². The molecule has 18 heteroatoms. The lowest BCUT2D eigenvalue weighted by Gasteiger charge is -2.36. The third-order valence-corrected chi connectivity index (χ3v) is 12.4. The number of allylic oxidation sites excluding steroid dienone is 5. The third-order valence-electron chi connectivity index (χ3n) is 12.4. The molecule has 8 bridgehead atoms. The summed E-state index contributed by atoms with van der Waals surface area (Å²) in [7, 11) is 3.82. The summed E-state index contributed by atoms with van der Waals surface area (Å²) in [4.78, 5) is 105. The number of ether oxygens (including phenoxy) is 3. The van der Waals surface area contributed by atoms with Gasteiger partial charge in [-0.05, 0) is 98.2 Å². The van der Waals surface area contributed by atoms with Crippen LogP contribution in [0.5, 0.6) is 0 Å². The molecule has 0 spiro atoms. The minimum absolute atomic E-state index is 0.0158. The van der Waals surface area contributed by atoms with Crippen LogP contribution in [0, 0.1) is 19.8 Å². The van der Waals surface area contributed by atoms with E-state index in [1.54, 1.807) is 18.2 Å². The number of carbonyl (C=O) groups is 7. The summed E-state index contributed by atoms with van der Waals surface area (Å²) in [5.74, 6) is -6.92. The Morgan fingerprint density at radius 1 is 0.803 bits per heavy atom. The largest absolute Gasteiger partial charge is 0.481 e. The van der Waals surface area contributed by atoms with Crippen LogP contribution >= 0.6 is 0 Å².